The Morgan fingerprint density at radius 1 is 1.17 bits per heavy atom. The maximum atomic E-state index is 10.4. The fraction of sp³-hybridized carbons (Fsp3) is 1.00. The summed E-state index contributed by atoms with van der Waals surface area (Å²) in [6.07, 6.45) is 1.87. The minimum atomic E-state index is -3.77. The second kappa shape index (κ2) is 4.82. The third-order valence-corrected chi connectivity index (χ3v) is 2.72. The highest BCUT2D eigenvalue weighted by Gasteiger charge is 2.12. The molecule has 4 heteroatoms. The molecule has 74 valence electrons. The van der Waals surface area contributed by atoms with E-state index in [9.17, 15) is 8.42 Å². The van der Waals surface area contributed by atoms with Crippen molar-refractivity contribution >= 4 is 10.1 Å². The maximum Gasteiger partial charge on any atom is 0.265 e. The lowest BCUT2D eigenvalue weighted by Gasteiger charge is -2.10. The van der Waals surface area contributed by atoms with Gasteiger partial charge in [-0.2, -0.15) is 8.42 Å². The molecule has 0 aromatic heterocycles. The summed E-state index contributed by atoms with van der Waals surface area (Å²) in [5, 5.41) is 0. The highest BCUT2D eigenvalue weighted by Crippen LogP contribution is 2.12. The average molecular weight is 194 g/mol. The summed E-state index contributed by atoms with van der Waals surface area (Å²) in [5.74, 6) is 0.538. The SMILES string of the molecule is CC(C)CCC(C)CS(=O)(=O)O. The van der Waals surface area contributed by atoms with E-state index < -0.39 is 10.1 Å². The van der Waals surface area contributed by atoms with Gasteiger partial charge in [0.25, 0.3) is 10.1 Å². The summed E-state index contributed by atoms with van der Waals surface area (Å²) in [6, 6.07) is 0. The fourth-order valence-corrected chi connectivity index (χ4v) is 1.95. The monoisotopic (exact) mass is 194 g/mol. The average Bonchev–Trinajstić information content (AvgIpc) is 1.79. The first-order chi connectivity index (χ1) is 5.31. The molecule has 0 aliphatic carbocycles. The minimum Gasteiger partial charge on any atom is -0.286 e. The van der Waals surface area contributed by atoms with Crippen molar-refractivity contribution < 1.29 is 13.0 Å². The molecule has 0 amide bonds. The van der Waals surface area contributed by atoms with Crippen LogP contribution in [0.3, 0.4) is 0 Å². The largest absolute Gasteiger partial charge is 0.286 e. The van der Waals surface area contributed by atoms with Crippen LogP contribution in [0.15, 0.2) is 0 Å². The molecule has 3 nitrogen and oxygen atoms in total. The molecule has 1 N–H and O–H groups in total. The Labute approximate surface area is 74.9 Å². The molecular weight excluding hydrogens is 176 g/mol. The summed E-state index contributed by atoms with van der Waals surface area (Å²) in [7, 11) is -3.77. The molecule has 0 saturated carbocycles. The van der Waals surface area contributed by atoms with Crippen molar-refractivity contribution in [2.75, 3.05) is 5.75 Å². The van der Waals surface area contributed by atoms with Crippen molar-refractivity contribution in [2.24, 2.45) is 11.8 Å². The predicted molar refractivity (Wildman–Crippen MR) is 49.7 cm³/mol. The first-order valence-electron chi connectivity index (χ1n) is 4.26. The molecule has 0 fully saturated rings. The van der Waals surface area contributed by atoms with Crippen LogP contribution in [0.5, 0.6) is 0 Å². The standard InChI is InChI=1S/C8H18O3S/c1-7(2)4-5-8(3)6-12(9,10)11/h7-8H,4-6H2,1-3H3,(H,9,10,11). The molecule has 0 aromatic rings. The van der Waals surface area contributed by atoms with Crippen LogP contribution in [0.4, 0.5) is 0 Å². The highest BCUT2D eigenvalue weighted by molar-refractivity contribution is 7.85. The lowest BCUT2D eigenvalue weighted by molar-refractivity contribution is 0.441. The van der Waals surface area contributed by atoms with Gasteiger partial charge in [-0.3, -0.25) is 4.55 Å². The molecule has 0 rings (SSSR count). The Balaban J connectivity index is 3.68. The zero-order chi connectivity index (χ0) is 9.78. The van der Waals surface area contributed by atoms with Crippen LogP contribution in [0.25, 0.3) is 0 Å². The van der Waals surface area contributed by atoms with Gasteiger partial charge in [-0.1, -0.05) is 27.2 Å². The topological polar surface area (TPSA) is 54.4 Å². The van der Waals surface area contributed by atoms with Crippen molar-refractivity contribution in [3.05, 3.63) is 0 Å². The normalized spacial score (nSPS) is 15.1. The van der Waals surface area contributed by atoms with Crippen molar-refractivity contribution in [3.63, 3.8) is 0 Å². The van der Waals surface area contributed by atoms with E-state index >= 15 is 0 Å². The Morgan fingerprint density at radius 3 is 2.00 bits per heavy atom. The van der Waals surface area contributed by atoms with Crippen LogP contribution < -0.4 is 0 Å². The van der Waals surface area contributed by atoms with E-state index in [4.69, 9.17) is 4.55 Å². The molecule has 0 aliphatic rings. The Bertz CT molecular complexity index is 206. The summed E-state index contributed by atoms with van der Waals surface area (Å²) in [5.41, 5.74) is 0. The summed E-state index contributed by atoms with van der Waals surface area (Å²) < 4.78 is 29.4. The zero-order valence-corrected chi connectivity index (χ0v) is 8.76. The molecule has 0 aliphatic heterocycles. The molecule has 0 aromatic carbocycles. The molecule has 1 atom stereocenters. The third-order valence-electron chi connectivity index (χ3n) is 1.73. The van der Waals surface area contributed by atoms with Gasteiger partial charge in [0, 0.05) is 0 Å². The van der Waals surface area contributed by atoms with Gasteiger partial charge in [0.15, 0.2) is 0 Å². The van der Waals surface area contributed by atoms with Crippen molar-refractivity contribution in [1.82, 2.24) is 0 Å². The van der Waals surface area contributed by atoms with E-state index in [1.807, 2.05) is 6.92 Å². The van der Waals surface area contributed by atoms with Gasteiger partial charge in [0.2, 0.25) is 0 Å². The fourth-order valence-electron chi connectivity index (χ4n) is 1.06. The summed E-state index contributed by atoms with van der Waals surface area (Å²) in [4.78, 5) is 0. The van der Waals surface area contributed by atoms with E-state index in [0.717, 1.165) is 12.8 Å². The van der Waals surface area contributed by atoms with E-state index in [2.05, 4.69) is 13.8 Å². The molecule has 0 saturated heterocycles. The summed E-state index contributed by atoms with van der Waals surface area (Å²) in [6.45, 7) is 6.04. The van der Waals surface area contributed by atoms with Gasteiger partial charge in [-0.25, -0.2) is 0 Å². The first kappa shape index (κ1) is 11.9. The molecule has 0 heterocycles. The zero-order valence-electron chi connectivity index (χ0n) is 7.95. The lowest BCUT2D eigenvalue weighted by Crippen LogP contribution is -2.13. The van der Waals surface area contributed by atoms with Gasteiger partial charge in [0.1, 0.15) is 0 Å². The minimum absolute atomic E-state index is 0.0578. The van der Waals surface area contributed by atoms with E-state index in [1.165, 1.54) is 0 Å². The van der Waals surface area contributed by atoms with Gasteiger partial charge in [-0.15, -0.1) is 0 Å². The second-order valence-corrected chi connectivity index (χ2v) is 5.32. The third kappa shape index (κ3) is 8.01. The molecule has 0 bridgehead atoms. The van der Waals surface area contributed by atoms with Crippen LogP contribution in [0.1, 0.15) is 33.6 Å². The van der Waals surface area contributed by atoms with Crippen LogP contribution in [-0.4, -0.2) is 18.7 Å². The molecule has 1 unspecified atom stereocenters. The van der Waals surface area contributed by atoms with Crippen LogP contribution >= 0.6 is 0 Å². The number of hydrogen-bond acceptors (Lipinski definition) is 2. The van der Waals surface area contributed by atoms with Gasteiger partial charge in [-0.05, 0) is 18.3 Å². The Kier molecular flexibility index (Phi) is 4.78. The van der Waals surface area contributed by atoms with Gasteiger partial charge < -0.3 is 0 Å². The van der Waals surface area contributed by atoms with Crippen LogP contribution in [-0.2, 0) is 10.1 Å². The smallest absolute Gasteiger partial charge is 0.265 e. The number of hydrogen-bond donors (Lipinski definition) is 1. The Hall–Kier alpha value is -0.0900. The highest BCUT2D eigenvalue weighted by atomic mass is 32.2. The van der Waals surface area contributed by atoms with E-state index in [1.54, 1.807) is 0 Å². The quantitative estimate of drug-likeness (QED) is 0.680. The van der Waals surface area contributed by atoms with Gasteiger partial charge >= 0.3 is 0 Å². The molecule has 12 heavy (non-hydrogen) atoms. The molecule has 0 radical (unpaired) electrons. The lowest BCUT2D eigenvalue weighted by atomic mass is 10.0. The maximum absolute atomic E-state index is 10.4. The van der Waals surface area contributed by atoms with E-state index in [0.29, 0.717) is 5.92 Å². The van der Waals surface area contributed by atoms with Crippen molar-refractivity contribution in [3.8, 4) is 0 Å². The predicted octanol–water partition coefficient (Wildman–Crippen LogP) is 1.95. The Morgan fingerprint density at radius 2 is 1.67 bits per heavy atom. The van der Waals surface area contributed by atoms with Gasteiger partial charge in [0.05, 0.1) is 5.75 Å². The van der Waals surface area contributed by atoms with Crippen molar-refractivity contribution in [1.29, 1.82) is 0 Å². The second-order valence-electron chi connectivity index (χ2n) is 3.82. The van der Waals surface area contributed by atoms with E-state index in [-0.39, 0.29) is 11.7 Å². The molecular formula is C8H18O3S. The van der Waals surface area contributed by atoms with Crippen LogP contribution in [0.2, 0.25) is 0 Å². The van der Waals surface area contributed by atoms with Crippen molar-refractivity contribution in [2.45, 2.75) is 33.6 Å². The first-order valence-corrected chi connectivity index (χ1v) is 5.87. The number of rotatable bonds is 5. The van der Waals surface area contributed by atoms with Crippen LogP contribution in [0, 0.1) is 11.8 Å². The summed E-state index contributed by atoms with van der Waals surface area (Å²) >= 11 is 0. The molecule has 0 spiro atoms.